The van der Waals surface area contributed by atoms with Crippen molar-refractivity contribution < 1.29 is 23.0 Å². The number of halogens is 3. The number of nitrogens with zero attached hydrogens (tertiary/aromatic N) is 5. The summed E-state index contributed by atoms with van der Waals surface area (Å²) in [6.45, 7) is 8.60. The molecule has 0 spiro atoms. The van der Waals surface area contributed by atoms with Gasteiger partial charge in [-0.3, -0.25) is 23.9 Å². The lowest BCUT2D eigenvalue weighted by molar-refractivity contribution is -0.124. The van der Waals surface area contributed by atoms with Crippen LogP contribution in [0.15, 0.2) is 122 Å². The highest BCUT2D eigenvalue weighted by Gasteiger charge is 2.52. The summed E-state index contributed by atoms with van der Waals surface area (Å²) in [5.74, 6) is 0.305. The maximum Gasteiger partial charge on any atom is 0.213 e. The number of hydrogen-bond acceptors (Lipinski definition) is 6. The number of rotatable bonds is 9. The Balaban J connectivity index is 0.00000484. The number of nitrogens with one attached hydrogen (secondary N) is 1. The van der Waals surface area contributed by atoms with Crippen LogP contribution in [0.5, 0.6) is 23.3 Å². The predicted molar refractivity (Wildman–Crippen MR) is 228 cm³/mol. The van der Waals surface area contributed by atoms with Gasteiger partial charge in [-0.15, -0.1) is 12.4 Å². The minimum Gasteiger partial charge on any atom is -0.440 e. The summed E-state index contributed by atoms with van der Waals surface area (Å²) in [5.41, 5.74) is 6.86. The molecule has 4 aromatic heterocycles. The molecule has 0 radical (unpaired) electrons. The summed E-state index contributed by atoms with van der Waals surface area (Å²) >= 11 is 0. The van der Waals surface area contributed by atoms with E-state index < -0.39 is 17.2 Å². The van der Waals surface area contributed by atoms with Crippen molar-refractivity contribution in [3.05, 3.63) is 167 Å². The van der Waals surface area contributed by atoms with Crippen molar-refractivity contribution >= 4 is 40.9 Å². The lowest BCUT2D eigenvalue weighted by Gasteiger charge is -2.45. The Labute approximate surface area is 346 Å². The van der Waals surface area contributed by atoms with Gasteiger partial charge >= 0.3 is 0 Å². The number of piperazine rings is 1. The topological polar surface area (TPSA) is 86.4 Å². The van der Waals surface area contributed by atoms with E-state index in [1.807, 2.05) is 110 Å². The monoisotopic (exact) mass is 810 g/mol. The van der Waals surface area contributed by atoms with E-state index in [4.69, 9.17) is 19.4 Å². The van der Waals surface area contributed by atoms with Crippen LogP contribution in [0.1, 0.15) is 33.4 Å². The summed E-state index contributed by atoms with van der Waals surface area (Å²) in [5, 5.41) is 3.60. The lowest BCUT2D eigenvalue weighted by Crippen LogP contribution is -2.59. The van der Waals surface area contributed by atoms with E-state index in [2.05, 4.69) is 5.32 Å². The number of aromatic nitrogens is 4. The van der Waals surface area contributed by atoms with E-state index >= 15 is 8.78 Å². The van der Waals surface area contributed by atoms with Crippen molar-refractivity contribution in [3.8, 4) is 34.6 Å². The fourth-order valence-electron chi connectivity index (χ4n) is 8.15. The minimum atomic E-state index is -1.45. The van der Waals surface area contributed by atoms with E-state index in [0.29, 0.717) is 74.1 Å². The molecular formula is C47H41ClF2N6O3. The molecule has 1 aliphatic heterocycles. The van der Waals surface area contributed by atoms with Gasteiger partial charge in [0, 0.05) is 55.5 Å². The number of carbonyl (C=O) groups excluding carboxylic acids is 1. The van der Waals surface area contributed by atoms with Gasteiger partial charge in [0.05, 0.1) is 33.2 Å². The van der Waals surface area contributed by atoms with E-state index in [9.17, 15) is 4.79 Å². The van der Waals surface area contributed by atoms with Crippen LogP contribution in [0.4, 0.5) is 8.78 Å². The molecule has 1 N–H and O–H groups in total. The summed E-state index contributed by atoms with van der Waals surface area (Å²) in [4.78, 5) is 25.8. The van der Waals surface area contributed by atoms with Crippen LogP contribution in [0.2, 0.25) is 0 Å². The molecule has 59 heavy (non-hydrogen) atoms. The first-order valence-electron chi connectivity index (χ1n) is 19.1. The molecule has 4 aromatic carbocycles. The maximum absolute atomic E-state index is 15.1. The molecule has 298 valence electrons. The van der Waals surface area contributed by atoms with Crippen LogP contribution in [0.25, 0.3) is 33.4 Å². The second kappa shape index (κ2) is 15.7. The summed E-state index contributed by atoms with van der Waals surface area (Å²) < 4.78 is 48.2. The molecule has 9 rings (SSSR count). The zero-order valence-corrected chi connectivity index (χ0v) is 33.7. The smallest absolute Gasteiger partial charge is 0.213 e. The van der Waals surface area contributed by atoms with Crippen LogP contribution in [-0.2, 0) is 10.3 Å². The highest BCUT2D eigenvalue weighted by molar-refractivity contribution is 5.93. The van der Waals surface area contributed by atoms with Gasteiger partial charge in [0.1, 0.15) is 28.7 Å². The van der Waals surface area contributed by atoms with Crippen LogP contribution in [0, 0.1) is 39.3 Å². The third-order valence-corrected chi connectivity index (χ3v) is 10.9. The molecule has 0 unspecified atom stereocenters. The average Bonchev–Trinajstić information content (AvgIpc) is 3.72. The summed E-state index contributed by atoms with van der Waals surface area (Å²) in [7, 11) is 0. The largest absolute Gasteiger partial charge is 0.440 e. The number of para-hydroxylation sites is 2. The minimum absolute atomic E-state index is 0. The number of pyridine rings is 2. The molecule has 8 aromatic rings. The van der Waals surface area contributed by atoms with Gasteiger partial charge in [0.2, 0.25) is 18.2 Å². The number of ether oxygens (including phenoxy) is 2. The fraction of sp³-hybridized carbons (Fsp3) is 0.170. The molecule has 1 fully saturated rings. The third-order valence-electron chi connectivity index (χ3n) is 10.9. The van der Waals surface area contributed by atoms with Crippen LogP contribution in [-0.4, -0.2) is 50.0 Å². The van der Waals surface area contributed by atoms with Crippen LogP contribution in [0.3, 0.4) is 0 Å². The number of carbonyl (C=O) groups is 1. The Morgan fingerprint density at radius 3 is 1.56 bits per heavy atom. The van der Waals surface area contributed by atoms with Crippen molar-refractivity contribution in [2.24, 2.45) is 0 Å². The lowest BCUT2D eigenvalue weighted by atomic mass is 9.80. The van der Waals surface area contributed by atoms with Crippen molar-refractivity contribution in [3.63, 3.8) is 0 Å². The third kappa shape index (κ3) is 6.66. The first kappa shape index (κ1) is 39.3. The van der Waals surface area contributed by atoms with Crippen LogP contribution >= 0.6 is 12.4 Å². The van der Waals surface area contributed by atoms with Crippen molar-refractivity contribution in [1.29, 1.82) is 0 Å². The second-order valence-corrected chi connectivity index (χ2v) is 14.8. The first-order chi connectivity index (χ1) is 28.2. The highest BCUT2D eigenvalue weighted by Crippen LogP contribution is 2.54. The van der Waals surface area contributed by atoms with Crippen molar-refractivity contribution in [2.75, 3.05) is 19.6 Å². The van der Waals surface area contributed by atoms with Gasteiger partial charge in [-0.05, 0) is 98.5 Å². The van der Waals surface area contributed by atoms with Gasteiger partial charge in [-0.2, -0.15) is 0 Å². The maximum atomic E-state index is 15.1. The molecule has 5 heterocycles. The quantitative estimate of drug-likeness (QED) is 0.146. The molecule has 1 amide bonds. The molecule has 0 atom stereocenters. The van der Waals surface area contributed by atoms with Gasteiger partial charge in [0.25, 0.3) is 0 Å². The number of benzene rings is 4. The van der Waals surface area contributed by atoms with E-state index in [1.165, 1.54) is 24.3 Å². The molecule has 12 heteroatoms. The summed E-state index contributed by atoms with van der Waals surface area (Å²) in [6, 6.07) is 32.4. The molecule has 0 aliphatic carbocycles. The van der Waals surface area contributed by atoms with Gasteiger partial charge in [0.15, 0.2) is 0 Å². The second-order valence-electron chi connectivity index (χ2n) is 14.8. The molecule has 1 saturated heterocycles. The van der Waals surface area contributed by atoms with Crippen LogP contribution < -0.4 is 14.8 Å². The Morgan fingerprint density at radius 1 is 0.661 bits per heavy atom. The average molecular weight is 811 g/mol. The predicted octanol–water partition coefficient (Wildman–Crippen LogP) is 10.2. The molecule has 0 bridgehead atoms. The summed E-state index contributed by atoms with van der Waals surface area (Å²) in [6.07, 6.45) is 4.42. The van der Waals surface area contributed by atoms with E-state index in [0.717, 1.165) is 28.9 Å². The zero-order chi connectivity index (χ0) is 40.1. The molecular weight excluding hydrogens is 770 g/mol. The highest BCUT2D eigenvalue weighted by atomic mass is 35.5. The Kier molecular flexibility index (Phi) is 10.4. The number of fused-ring (bicyclic) bond motifs is 2. The Morgan fingerprint density at radius 2 is 1.12 bits per heavy atom. The van der Waals surface area contributed by atoms with Crippen molar-refractivity contribution in [2.45, 2.75) is 33.2 Å². The number of amides is 1. The van der Waals surface area contributed by atoms with Gasteiger partial charge < -0.3 is 19.7 Å². The molecule has 0 saturated carbocycles. The normalized spacial score (nSPS) is 13.7. The number of aryl methyl sites for hydroxylation is 4. The van der Waals surface area contributed by atoms with E-state index in [-0.39, 0.29) is 25.5 Å². The number of hydrogen-bond donors (Lipinski definition) is 1. The fourth-order valence-corrected chi connectivity index (χ4v) is 8.15. The first-order valence-corrected chi connectivity index (χ1v) is 19.1. The zero-order valence-electron chi connectivity index (χ0n) is 32.9. The molecule has 1 aliphatic rings. The Hall–Kier alpha value is -6.56. The van der Waals surface area contributed by atoms with Gasteiger partial charge in [-0.1, -0.05) is 48.5 Å². The molecule has 9 nitrogen and oxygen atoms in total. The van der Waals surface area contributed by atoms with Crippen molar-refractivity contribution in [1.82, 2.24) is 29.3 Å². The SMILES string of the molecule is Cc1cnc2c(C3(c4c(Oc5cc(F)ccc5C)n(-c5ccccc5)c5cc(C)cnc45)CNCCN3C=O)c(Oc3cc(F)ccc3C)n(-c3ccccc3)c2c1.Cl. The Bertz CT molecular complexity index is 2680. The van der Waals surface area contributed by atoms with E-state index in [1.54, 1.807) is 29.4 Å². The van der Waals surface area contributed by atoms with Gasteiger partial charge in [-0.25, -0.2) is 8.78 Å². The standard InChI is InChI=1S/C47H40F2N6O3.ClH/c1-29-21-37-43(51-25-29)41(45(54(37)35-11-7-5-8-12-35)57-39-23-33(48)17-15-31(39)3)47(27-50-19-20-53(47)28-56)42-44-38(22-30(2)26-52-44)55(36-13-9-6-10-14-36)46(42)58-40-24-34(49)18-16-32(40)4;/h5-18,21-26,28,50H,19-20,27H2,1-4H3;1H.